The minimum atomic E-state index is -2.74. The Morgan fingerprint density at radius 2 is 1.55 bits per heavy atom. The number of carboxylic acids is 3. The molecule has 0 spiro atoms. The summed E-state index contributed by atoms with van der Waals surface area (Å²) < 4.78 is 6.50. The number of aliphatic carboxylic acids is 3. The highest BCUT2D eigenvalue weighted by Crippen LogP contribution is 2.68. The molecule has 0 amide bonds. The molecule has 5 rings (SSSR count). The summed E-state index contributed by atoms with van der Waals surface area (Å²) in [5.74, 6) is -2.75. The van der Waals surface area contributed by atoms with E-state index in [1.165, 1.54) is 6.42 Å². The van der Waals surface area contributed by atoms with Gasteiger partial charge in [-0.05, 0) is 113 Å². The standard InChI is InChI=1S/C29H47NO4.C6H8O7/c1-18-7-5-6-14-30(18)17-26(33)34-25-16-29(4)23(19(2)31)10-11-24(29)22-9-8-20-15-21(32)12-13-28(20,3)27(22)25;7-3(8)1-6(13,5(11)12)2-4(9)10/h18,20-25,27,32H,5-17H2,1-4H3;13H,1-2H2,(H,7,8)(H,9,10)(H,11,12)/t18?,20-,21+,22-,23+,24-,25-,27+,28-,29+;/m0./s1. The number of hydrogen-bond acceptors (Lipinski definition) is 9. The molecule has 1 unspecified atom stereocenters. The smallest absolute Gasteiger partial charge is 0.336 e. The van der Waals surface area contributed by atoms with Crippen LogP contribution in [0.25, 0.3) is 0 Å². The summed E-state index contributed by atoms with van der Waals surface area (Å²) in [4.78, 5) is 58.8. The van der Waals surface area contributed by atoms with Crippen molar-refractivity contribution in [3.05, 3.63) is 0 Å². The number of ether oxygens (including phenoxy) is 1. The lowest BCUT2D eigenvalue weighted by Crippen LogP contribution is -2.60. The largest absolute Gasteiger partial charge is 0.481 e. The second kappa shape index (κ2) is 14.5. The number of aliphatic hydroxyl groups is 2. The van der Waals surface area contributed by atoms with Crippen molar-refractivity contribution in [1.82, 2.24) is 4.90 Å². The summed E-state index contributed by atoms with van der Waals surface area (Å²) in [6.45, 7) is 10.1. The van der Waals surface area contributed by atoms with Crippen molar-refractivity contribution in [3.63, 3.8) is 0 Å². The molecule has 47 heavy (non-hydrogen) atoms. The molecule has 10 atom stereocenters. The summed E-state index contributed by atoms with van der Waals surface area (Å²) in [5, 5.41) is 44.2. The number of likely N-dealkylation sites (tertiary alicyclic amines) is 1. The van der Waals surface area contributed by atoms with Crippen LogP contribution in [-0.4, -0.2) is 97.0 Å². The van der Waals surface area contributed by atoms with E-state index in [9.17, 15) is 29.1 Å². The van der Waals surface area contributed by atoms with Crippen LogP contribution >= 0.6 is 0 Å². The third kappa shape index (κ3) is 7.85. The van der Waals surface area contributed by atoms with Gasteiger partial charge in [0.05, 0.1) is 25.5 Å². The fourth-order valence-electron chi connectivity index (χ4n) is 10.6. The number of rotatable bonds is 9. The predicted octanol–water partition coefficient (Wildman–Crippen LogP) is 3.74. The van der Waals surface area contributed by atoms with Crippen molar-refractivity contribution in [2.24, 2.45) is 40.4 Å². The van der Waals surface area contributed by atoms with Crippen molar-refractivity contribution in [1.29, 1.82) is 0 Å². The van der Waals surface area contributed by atoms with Crippen LogP contribution in [-0.2, 0) is 28.7 Å². The van der Waals surface area contributed by atoms with Crippen molar-refractivity contribution in [3.8, 4) is 0 Å². The number of esters is 1. The van der Waals surface area contributed by atoms with Gasteiger partial charge in [0.1, 0.15) is 11.9 Å². The molecule has 12 heteroatoms. The molecule has 1 aliphatic heterocycles. The van der Waals surface area contributed by atoms with E-state index in [-0.39, 0.29) is 34.9 Å². The van der Waals surface area contributed by atoms with E-state index in [0.29, 0.717) is 42.0 Å². The average Bonchev–Trinajstić information content (AvgIpc) is 3.31. The van der Waals surface area contributed by atoms with Crippen LogP contribution in [0.4, 0.5) is 0 Å². The Morgan fingerprint density at radius 1 is 0.894 bits per heavy atom. The van der Waals surface area contributed by atoms with E-state index < -0.39 is 36.4 Å². The number of carbonyl (C=O) groups is 5. The number of nitrogens with zero attached hydrogens (tertiary/aromatic N) is 1. The average molecular weight is 666 g/mol. The summed E-state index contributed by atoms with van der Waals surface area (Å²) in [7, 11) is 0. The lowest BCUT2D eigenvalue weighted by molar-refractivity contribution is -0.199. The van der Waals surface area contributed by atoms with Crippen LogP contribution in [0.2, 0.25) is 0 Å². The van der Waals surface area contributed by atoms with Gasteiger partial charge in [0, 0.05) is 17.9 Å². The van der Waals surface area contributed by atoms with Gasteiger partial charge < -0.3 is 30.3 Å². The minimum absolute atomic E-state index is 0.0618. The number of carboxylic acid groups (broad SMARTS) is 3. The van der Waals surface area contributed by atoms with Gasteiger partial charge in [-0.25, -0.2) is 4.79 Å². The Morgan fingerprint density at radius 3 is 2.13 bits per heavy atom. The third-order valence-corrected chi connectivity index (χ3v) is 12.9. The van der Waals surface area contributed by atoms with Crippen molar-refractivity contribution >= 4 is 29.7 Å². The first-order valence-electron chi connectivity index (χ1n) is 17.4. The topological polar surface area (TPSA) is 199 Å². The van der Waals surface area contributed by atoms with Gasteiger partial charge in [-0.15, -0.1) is 0 Å². The Kier molecular flexibility index (Phi) is 11.5. The van der Waals surface area contributed by atoms with E-state index >= 15 is 0 Å². The van der Waals surface area contributed by atoms with E-state index in [2.05, 4.69) is 25.7 Å². The molecule has 12 nitrogen and oxygen atoms in total. The first-order chi connectivity index (χ1) is 21.9. The summed E-state index contributed by atoms with van der Waals surface area (Å²) in [6, 6.07) is 0.440. The highest BCUT2D eigenvalue weighted by Gasteiger charge is 2.64. The second-order valence-electron chi connectivity index (χ2n) is 15.8. The Labute approximate surface area is 277 Å². The van der Waals surface area contributed by atoms with Gasteiger partial charge in [-0.1, -0.05) is 20.3 Å². The molecular weight excluding hydrogens is 610 g/mol. The normalized spacial score (nSPS) is 38.4. The van der Waals surface area contributed by atoms with Crippen LogP contribution in [0.1, 0.15) is 111 Å². The van der Waals surface area contributed by atoms with Gasteiger partial charge in [0.15, 0.2) is 5.60 Å². The molecular formula is C35H55NO11. The number of carbonyl (C=O) groups excluding carboxylic acids is 2. The first-order valence-corrected chi connectivity index (χ1v) is 17.4. The lowest BCUT2D eigenvalue weighted by atomic mass is 9.43. The van der Waals surface area contributed by atoms with Gasteiger partial charge >= 0.3 is 23.9 Å². The molecule has 0 aromatic carbocycles. The highest BCUT2D eigenvalue weighted by molar-refractivity contribution is 5.88. The molecule has 0 radical (unpaired) electrons. The number of piperidine rings is 1. The van der Waals surface area contributed by atoms with Crippen LogP contribution in [0.3, 0.4) is 0 Å². The summed E-state index contributed by atoms with van der Waals surface area (Å²) in [5.41, 5.74) is -2.69. The number of aliphatic hydroxyl groups excluding tert-OH is 1. The minimum Gasteiger partial charge on any atom is -0.481 e. The fourth-order valence-corrected chi connectivity index (χ4v) is 10.6. The van der Waals surface area contributed by atoms with E-state index in [4.69, 9.17) is 25.2 Å². The number of Topliss-reactive ketones (excluding diaryl/α,β-unsaturated/α-hetero) is 1. The molecule has 5 N–H and O–H groups in total. The van der Waals surface area contributed by atoms with Gasteiger partial charge in [0.25, 0.3) is 0 Å². The fraction of sp³-hybridized carbons (Fsp3) is 0.857. The van der Waals surface area contributed by atoms with Gasteiger partial charge in [-0.2, -0.15) is 0 Å². The molecule has 0 aromatic rings. The van der Waals surface area contributed by atoms with Crippen LogP contribution in [0.5, 0.6) is 0 Å². The molecule has 0 aromatic heterocycles. The Hall–Kier alpha value is -2.57. The van der Waals surface area contributed by atoms with Crippen LogP contribution in [0, 0.1) is 40.4 Å². The first kappa shape index (κ1) is 37.3. The summed E-state index contributed by atoms with van der Waals surface area (Å²) >= 11 is 0. The zero-order chi connectivity index (χ0) is 34.9. The van der Waals surface area contributed by atoms with Crippen molar-refractivity contribution in [2.45, 2.75) is 135 Å². The molecule has 1 saturated heterocycles. The zero-order valence-electron chi connectivity index (χ0n) is 28.4. The molecule has 4 saturated carbocycles. The van der Waals surface area contributed by atoms with Crippen molar-refractivity contribution < 1.29 is 54.2 Å². The molecule has 5 fully saturated rings. The molecule has 4 aliphatic carbocycles. The van der Waals surface area contributed by atoms with E-state index in [0.717, 1.165) is 70.8 Å². The van der Waals surface area contributed by atoms with Crippen molar-refractivity contribution in [2.75, 3.05) is 13.1 Å². The van der Waals surface area contributed by atoms with Crippen LogP contribution < -0.4 is 0 Å². The maximum Gasteiger partial charge on any atom is 0.336 e. The van der Waals surface area contributed by atoms with E-state index in [1.807, 2.05) is 0 Å². The van der Waals surface area contributed by atoms with E-state index in [1.54, 1.807) is 6.92 Å². The quantitative estimate of drug-likeness (QED) is 0.224. The monoisotopic (exact) mass is 665 g/mol. The second-order valence-corrected chi connectivity index (χ2v) is 15.8. The molecule has 0 bridgehead atoms. The molecule has 266 valence electrons. The number of fused-ring (bicyclic) bond motifs is 5. The zero-order valence-corrected chi connectivity index (χ0v) is 28.4. The molecule has 1 heterocycles. The molecule has 5 aliphatic rings. The summed E-state index contributed by atoms with van der Waals surface area (Å²) in [6.07, 6.45) is 9.04. The Bertz CT molecular complexity index is 1190. The third-order valence-electron chi connectivity index (χ3n) is 12.9. The SMILES string of the molecule is CC(=O)[C@H]1CC[C@H]2[C@@H]3CC[C@H]4C[C@H](O)CC[C@]4(C)[C@H]3[C@@H](OC(=O)CN3CCCCC3C)C[C@]12C.O=C(O)CC(O)(CC(=O)O)C(=O)O. The van der Waals surface area contributed by atoms with Gasteiger partial charge in [-0.3, -0.25) is 24.1 Å². The maximum atomic E-state index is 13.4. The number of ketones is 1. The lowest BCUT2D eigenvalue weighted by Gasteiger charge is -2.62. The maximum absolute atomic E-state index is 13.4. The van der Waals surface area contributed by atoms with Crippen LogP contribution in [0.15, 0.2) is 0 Å². The number of hydrogen-bond donors (Lipinski definition) is 5. The Balaban J connectivity index is 0.000000328. The van der Waals surface area contributed by atoms with Gasteiger partial charge in [0.2, 0.25) is 0 Å². The highest BCUT2D eigenvalue weighted by atomic mass is 16.5. The predicted molar refractivity (Wildman–Crippen MR) is 169 cm³/mol.